The summed E-state index contributed by atoms with van der Waals surface area (Å²) >= 11 is 0. The number of aliphatic hydroxyl groups is 1. The van der Waals surface area contributed by atoms with Gasteiger partial charge in [-0.1, -0.05) is 13.3 Å². The molecule has 0 radical (unpaired) electrons. The minimum atomic E-state index is -1.45. The molecule has 12 heteroatoms. The second-order valence-corrected chi connectivity index (χ2v) is 11.9. The Hall–Kier alpha value is -3.28. The molecule has 2 saturated heterocycles. The van der Waals surface area contributed by atoms with Gasteiger partial charge in [-0.15, -0.1) is 0 Å². The van der Waals surface area contributed by atoms with E-state index in [1.807, 2.05) is 6.92 Å². The minimum Gasteiger partial charge on any atom is -0.444 e. The monoisotopic (exact) mass is 580 g/mol. The molecule has 2 N–H and O–H groups in total. The number of aliphatic hydroxyl groups excluding tert-OH is 1. The van der Waals surface area contributed by atoms with Crippen molar-refractivity contribution >= 4 is 23.8 Å². The first-order chi connectivity index (χ1) is 19.2. The molecule has 4 atom stereocenters. The molecule has 2 aliphatic heterocycles. The lowest BCUT2D eigenvalue weighted by Crippen LogP contribution is -2.65. The predicted octanol–water partition coefficient (Wildman–Crippen LogP) is 2.47. The Kier molecular flexibility index (Phi) is 10.7. The summed E-state index contributed by atoms with van der Waals surface area (Å²) in [5.74, 6) is -3.17. The van der Waals surface area contributed by atoms with Gasteiger partial charge in [0.05, 0.1) is 24.1 Å². The van der Waals surface area contributed by atoms with E-state index < -0.39 is 53.3 Å². The molecule has 228 valence electrons. The predicted molar refractivity (Wildman–Crippen MR) is 147 cm³/mol. The summed E-state index contributed by atoms with van der Waals surface area (Å²) in [6, 6.07) is 0.838. The van der Waals surface area contributed by atoms with Crippen LogP contribution in [0.4, 0.5) is 13.6 Å². The topological polar surface area (TPSA) is 119 Å². The summed E-state index contributed by atoms with van der Waals surface area (Å²) in [6.45, 7) is 9.54. The zero-order valence-electron chi connectivity index (χ0n) is 24.5. The Morgan fingerprint density at radius 1 is 1.12 bits per heavy atom. The number of halogens is 2. The molecule has 2 aliphatic rings. The molecule has 4 amide bonds. The van der Waals surface area contributed by atoms with Gasteiger partial charge in [-0.25, -0.2) is 13.6 Å². The number of carbonyl (C=O) groups is 4. The van der Waals surface area contributed by atoms with E-state index in [9.17, 15) is 33.1 Å². The van der Waals surface area contributed by atoms with Crippen LogP contribution in [-0.4, -0.2) is 100 Å². The first-order valence-corrected chi connectivity index (χ1v) is 14.1. The number of piperazine rings is 1. The molecule has 0 bridgehead atoms. The fraction of sp³-hybridized carbons (Fsp3) is 0.655. The number of unbranched alkanes of at least 4 members (excludes halogenated alkanes) is 1. The summed E-state index contributed by atoms with van der Waals surface area (Å²) < 4.78 is 33.6. The smallest absolute Gasteiger partial charge is 0.410 e. The maximum atomic E-state index is 14.0. The highest BCUT2D eigenvalue weighted by Gasteiger charge is 2.42. The lowest BCUT2D eigenvalue weighted by atomic mass is 9.93. The SMILES string of the molecule is CCCCN1CC(C(=O)NC(Cc2cc(F)cc(F)c2)[C@H](O)[C@H]2CN(C(C)=O)CCN2C(=O)OC(C)(C)C)CC1=O. The van der Waals surface area contributed by atoms with Crippen LogP contribution >= 0.6 is 0 Å². The number of rotatable bonds is 9. The zero-order chi connectivity index (χ0) is 30.5. The zero-order valence-corrected chi connectivity index (χ0v) is 24.5. The lowest BCUT2D eigenvalue weighted by Gasteiger charge is -2.45. The van der Waals surface area contributed by atoms with Crippen LogP contribution in [-0.2, 0) is 25.5 Å². The van der Waals surface area contributed by atoms with Crippen molar-refractivity contribution in [2.75, 3.05) is 32.7 Å². The second-order valence-electron chi connectivity index (χ2n) is 11.9. The van der Waals surface area contributed by atoms with Gasteiger partial charge in [0.25, 0.3) is 0 Å². The lowest BCUT2D eigenvalue weighted by molar-refractivity contribution is -0.134. The molecule has 0 spiro atoms. The fourth-order valence-corrected chi connectivity index (χ4v) is 5.26. The van der Waals surface area contributed by atoms with E-state index in [-0.39, 0.29) is 56.4 Å². The number of carbonyl (C=O) groups excluding carboxylic acids is 4. The molecule has 1 aromatic carbocycles. The van der Waals surface area contributed by atoms with Gasteiger partial charge >= 0.3 is 6.09 Å². The summed E-state index contributed by atoms with van der Waals surface area (Å²) in [5.41, 5.74) is -0.641. The number of ether oxygens (including phenoxy) is 1. The maximum Gasteiger partial charge on any atom is 0.410 e. The largest absolute Gasteiger partial charge is 0.444 e. The van der Waals surface area contributed by atoms with Crippen LogP contribution in [0.5, 0.6) is 0 Å². The molecule has 2 heterocycles. The molecule has 0 aromatic heterocycles. The molecule has 3 rings (SSSR count). The van der Waals surface area contributed by atoms with Crippen LogP contribution in [0, 0.1) is 17.6 Å². The molecule has 2 unspecified atom stereocenters. The average molecular weight is 581 g/mol. The molecule has 0 aliphatic carbocycles. The fourth-order valence-electron chi connectivity index (χ4n) is 5.26. The van der Waals surface area contributed by atoms with E-state index in [0.29, 0.717) is 6.54 Å². The number of nitrogens with one attached hydrogen (secondary N) is 1. The summed E-state index contributed by atoms with van der Waals surface area (Å²) in [6.07, 6.45) is -0.598. The van der Waals surface area contributed by atoms with Crippen molar-refractivity contribution in [2.24, 2.45) is 5.92 Å². The molecule has 0 saturated carbocycles. The third-order valence-corrected chi connectivity index (χ3v) is 7.37. The molecular weight excluding hydrogens is 538 g/mol. The quantitative estimate of drug-likeness (QED) is 0.463. The Bertz CT molecular complexity index is 1110. The first-order valence-electron chi connectivity index (χ1n) is 14.1. The normalized spacial score (nSPS) is 21.1. The van der Waals surface area contributed by atoms with E-state index in [1.54, 1.807) is 25.7 Å². The van der Waals surface area contributed by atoms with Gasteiger partial charge < -0.3 is 25.0 Å². The van der Waals surface area contributed by atoms with Crippen molar-refractivity contribution < 1.29 is 37.8 Å². The minimum absolute atomic E-state index is 0.0124. The van der Waals surface area contributed by atoms with Crippen LogP contribution in [0.1, 0.15) is 59.4 Å². The Morgan fingerprint density at radius 3 is 2.37 bits per heavy atom. The number of hydrogen-bond acceptors (Lipinski definition) is 6. The van der Waals surface area contributed by atoms with Crippen LogP contribution in [0.3, 0.4) is 0 Å². The van der Waals surface area contributed by atoms with Crippen LogP contribution < -0.4 is 5.32 Å². The third kappa shape index (κ3) is 8.85. The second kappa shape index (κ2) is 13.6. The third-order valence-electron chi connectivity index (χ3n) is 7.37. The highest BCUT2D eigenvalue weighted by Crippen LogP contribution is 2.24. The summed E-state index contributed by atoms with van der Waals surface area (Å²) in [5, 5.41) is 14.5. The number of nitrogens with zero attached hydrogens (tertiary/aromatic N) is 3. The van der Waals surface area contributed by atoms with Gasteiger partial charge in [-0.05, 0) is 51.3 Å². The van der Waals surface area contributed by atoms with Crippen LogP contribution in [0.2, 0.25) is 0 Å². The van der Waals surface area contributed by atoms with E-state index in [0.717, 1.165) is 31.0 Å². The average Bonchev–Trinajstić information content (AvgIpc) is 3.25. The highest BCUT2D eigenvalue weighted by molar-refractivity contribution is 5.89. The molecular formula is C29H42F2N4O6. The van der Waals surface area contributed by atoms with Crippen LogP contribution in [0.15, 0.2) is 18.2 Å². The van der Waals surface area contributed by atoms with E-state index in [2.05, 4.69) is 5.32 Å². The van der Waals surface area contributed by atoms with E-state index >= 15 is 0 Å². The number of hydrogen-bond donors (Lipinski definition) is 2. The van der Waals surface area contributed by atoms with Crippen LogP contribution in [0.25, 0.3) is 0 Å². The van der Waals surface area contributed by atoms with E-state index in [1.165, 1.54) is 16.7 Å². The van der Waals surface area contributed by atoms with Crippen molar-refractivity contribution in [3.05, 3.63) is 35.4 Å². The standard InChI is InChI=1S/C29H42F2N4O6/c1-6-7-8-34-16-20(14-25(34)37)27(39)32-23(13-19-11-21(30)15-22(31)12-19)26(38)24-17-33(18(2)36)9-10-35(24)28(40)41-29(3,4)5/h11-12,15,20,23-24,26,38H,6-10,13-14,16-17H2,1-5H3,(H,32,39)/t20?,23?,24-,26+/m1/s1. The Balaban J connectivity index is 1.90. The maximum absolute atomic E-state index is 14.0. The number of benzene rings is 1. The van der Waals surface area contributed by atoms with E-state index in [4.69, 9.17) is 4.74 Å². The highest BCUT2D eigenvalue weighted by atomic mass is 19.1. The van der Waals surface area contributed by atoms with Crippen molar-refractivity contribution in [1.29, 1.82) is 0 Å². The van der Waals surface area contributed by atoms with Gasteiger partial charge in [0.15, 0.2) is 0 Å². The van der Waals surface area contributed by atoms with Gasteiger partial charge in [0.1, 0.15) is 17.2 Å². The Labute approximate surface area is 240 Å². The summed E-state index contributed by atoms with van der Waals surface area (Å²) in [4.78, 5) is 55.7. The van der Waals surface area contributed by atoms with Crippen molar-refractivity contribution in [3.8, 4) is 0 Å². The molecule has 10 nitrogen and oxygen atoms in total. The van der Waals surface area contributed by atoms with Gasteiger partial charge in [0.2, 0.25) is 17.7 Å². The van der Waals surface area contributed by atoms with Crippen molar-refractivity contribution in [3.63, 3.8) is 0 Å². The number of amides is 4. The first kappa shape index (κ1) is 32.2. The van der Waals surface area contributed by atoms with Crippen molar-refractivity contribution in [1.82, 2.24) is 20.0 Å². The summed E-state index contributed by atoms with van der Waals surface area (Å²) in [7, 11) is 0. The number of likely N-dealkylation sites (tertiary alicyclic amines) is 1. The molecule has 2 fully saturated rings. The van der Waals surface area contributed by atoms with Gasteiger partial charge in [-0.3, -0.25) is 19.3 Å². The molecule has 1 aromatic rings. The molecule has 41 heavy (non-hydrogen) atoms. The Morgan fingerprint density at radius 2 is 1.78 bits per heavy atom. The van der Waals surface area contributed by atoms with Gasteiger partial charge in [-0.2, -0.15) is 0 Å². The van der Waals surface area contributed by atoms with Crippen molar-refractivity contribution in [2.45, 2.75) is 84.1 Å². The van der Waals surface area contributed by atoms with Gasteiger partial charge in [0, 0.05) is 52.1 Å².